The fourth-order valence-corrected chi connectivity index (χ4v) is 5.89. The fraction of sp³-hybridized carbons (Fsp3) is 0.435. The topological polar surface area (TPSA) is 70.2 Å². The lowest BCUT2D eigenvalue weighted by Crippen LogP contribution is -2.48. The molecule has 166 valence electrons. The number of nitrogens with zero attached hydrogens (tertiary/aromatic N) is 3. The van der Waals surface area contributed by atoms with E-state index in [-0.39, 0.29) is 10.8 Å². The molecule has 1 saturated heterocycles. The molecular weight excluding hydrogens is 414 g/mol. The van der Waals surface area contributed by atoms with E-state index >= 15 is 0 Å². The van der Waals surface area contributed by atoms with Crippen LogP contribution in [0.2, 0.25) is 0 Å². The maximum Gasteiger partial charge on any atom is 0.243 e. The van der Waals surface area contributed by atoms with Gasteiger partial charge in [-0.2, -0.15) is 4.31 Å². The molecule has 0 N–H and O–H groups in total. The summed E-state index contributed by atoms with van der Waals surface area (Å²) in [5.74, 6) is 0.829. The van der Waals surface area contributed by atoms with Crippen molar-refractivity contribution in [3.63, 3.8) is 0 Å². The van der Waals surface area contributed by atoms with Crippen molar-refractivity contribution in [2.45, 2.75) is 30.6 Å². The highest BCUT2D eigenvalue weighted by atomic mass is 32.2. The Kier molecular flexibility index (Phi) is 5.47. The predicted molar refractivity (Wildman–Crippen MR) is 121 cm³/mol. The number of sulfonamides is 1. The molecule has 7 nitrogen and oxygen atoms in total. The van der Waals surface area contributed by atoms with Gasteiger partial charge in [-0.3, -0.25) is 4.79 Å². The van der Waals surface area contributed by atoms with Gasteiger partial charge >= 0.3 is 0 Å². The van der Waals surface area contributed by atoms with E-state index in [4.69, 9.17) is 4.74 Å². The van der Waals surface area contributed by atoms with Crippen molar-refractivity contribution in [2.24, 2.45) is 0 Å². The maximum atomic E-state index is 13.4. The molecule has 0 aromatic heterocycles. The zero-order valence-corrected chi connectivity index (χ0v) is 19.3. The van der Waals surface area contributed by atoms with Crippen LogP contribution in [0.1, 0.15) is 25.8 Å². The smallest absolute Gasteiger partial charge is 0.243 e. The Morgan fingerprint density at radius 1 is 0.968 bits per heavy atom. The molecule has 0 unspecified atom stereocenters. The lowest BCUT2D eigenvalue weighted by molar-refractivity contribution is -0.119. The first-order valence-electron chi connectivity index (χ1n) is 10.4. The van der Waals surface area contributed by atoms with E-state index in [0.717, 1.165) is 22.7 Å². The van der Waals surface area contributed by atoms with Gasteiger partial charge in [-0.1, -0.05) is 26.0 Å². The number of ether oxygens (including phenoxy) is 1. The van der Waals surface area contributed by atoms with Crippen molar-refractivity contribution in [3.05, 3.63) is 48.0 Å². The molecule has 2 heterocycles. The molecule has 2 aliphatic rings. The van der Waals surface area contributed by atoms with Crippen molar-refractivity contribution in [2.75, 3.05) is 50.1 Å². The summed E-state index contributed by atoms with van der Waals surface area (Å²) in [6.07, 6.45) is 0.359. The first-order chi connectivity index (χ1) is 14.6. The molecule has 0 bridgehead atoms. The van der Waals surface area contributed by atoms with Crippen LogP contribution in [-0.2, 0) is 20.2 Å². The summed E-state index contributed by atoms with van der Waals surface area (Å²) in [4.78, 5) is 16.3. The molecule has 0 atom stereocenters. The number of anilines is 2. The summed E-state index contributed by atoms with van der Waals surface area (Å²) in [6, 6.07) is 12.9. The summed E-state index contributed by atoms with van der Waals surface area (Å²) in [7, 11) is -0.247. The average Bonchev–Trinajstić information content (AvgIpc) is 2.77. The molecule has 0 radical (unpaired) electrons. The highest BCUT2D eigenvalue weighted by molar-refractivity contribution is 7.89. The Labute approximate surface area is 184 Å². The quantitative estimate of drug-likeness (QED) is 0.727. The van der Waals surface area contributed by atoms with Gasteiger partial charge in [0.25, 0.3) is 0 Å². The van der Waals surface area contributed by atoms with Gasteiger partial charge in [-0.25, -0.2) is 8.42 Å². The highest BCUT2D eigenvalue weighted by Crippen LogP contribution is 2.41. The minimum atomic E-state index is -3.63. The number of rotatable bonds is 4. The van der Waals surface area contributed by atoms with Crippen LogP contribution < -0.4 is 14.5 Å². The van der Waals surface area contributed by atoms with Gasteiger partial charge in [0.15, 0.2) is 0 Å². The first-order valence-corrected chi connectivity index (χ1v) is 11.9. The summed E-state index contributed by atoms with van der Waals surface area (Å²) >= 11 is 0. The van der Waals surface area contributed by atoms with Crippen molar-refractivity contribution in [1.29, 1.82) is 0 Å². The molecule has 2 aromatic carbocycles. The van der Waals surface area contributed by atoms with Gasteiger partial charge in [-0.05, 0) is 35.9 Å². The van der Waals surface area contributed by atoms with Crippen LogP contribution >= 0.6 is 0 Å². The van der Waals surface area contributed by atoms with Gasteiger partial charge < -0.3 is 14.5 Å². The zero-order chi connectivity index (χ0) is 22.4. The van der Waals surface area contributed by atoms with E-state index in [1.54, 1.807) is 41.6 Å². The van der Waals surface area contributed by atoms with Crippen LogP contribution in [-0.4, -0.2) is 59.0 Å². The van der Waals surface area contributed by atoms with Crippen LogP contribution in [0, 0.1) is 0 Å². The van der Waals surface area contributed by atoms with E-state index in [1.165, 1.54) is 0 Å². The first kappa shape index (κ1) is 21.6. The van der Waals surface area contributed by atoms with Gasteiger partial charge in [-0.15, -0.1) is 0 Å². The molecule has 0 spiro atoms. The number of carbonyl (C=O) groups excluding carboxylic acids is 1. The zero-order valence-electron chi connectivity index (χ0n) is 18.5. The number of benzene rings is 2. The molecule has 8 heteroatoms. The van der Waals surface area contributed by atoms with Gasteiger partial charge in [0.2, 0.25) is 15.9 Å². The van der Waals surface area contributed by atoms with Crippen LogP contribution in [0.5, 0.6) is 5.75 Å². The number of carbonyl (C=O) groups is 1. The van der Waals surface area contributed by atoms with Crippen molar-refractivity contribution < 1.29 is 17.9 Å². The Morgan fingerprint density at radius 2 is 1.65 bits per heavy atom. The number of amides is 1. The average molecular weight is 444 g/mol. The summed E-state index contributed by atoms with van der Waals surface area (Å²) in [6.45, 7) is 5.96. The normalized spacial score (nSPS) is 19.3. The van der Waals surface area contributed by atoms with E-state index in [9.17, 15) is 13.2 Å². The minimum absolute atomic E-state index is 0.0422. The molecule has 2 aliphatic heterocycles. The summed E-state index contributed by atoms with van der Waals surface area (Å²) in [5, 5.41) is 0. The van der Waals surface area contributed by atoms with E-state index in [0.29, 0.717) is 32.6 Å². The van der Waals surface area contributed by atoms with Gasteiger partial charge in [0, 0.05) is 50.7 Å². The lowest BCUT2D eigenvalue weighted by atomic mass is 9.77. The molecule has 2 aromatic rings. The van der Waals surface area contributed by atoms with Crippen LogP contribution in [0.15, 0.2) is 47.4 Å². The molecule has 31 heavy (non-hydrogen) atoms. The Morgan fingerprint density at radius 3 is 2.32 bits per heavy atom. The van der Waals surface area contributed by atoms with Gasteiger partial charge in [0.05, 0.1) is 17.7 Å². The van der Waals surface area contributed by atoms with E-state index in [1.807, 2.05) is 38.1 Å². The Balaban J connectivity index is 1.57. The van der Waals surface area contributed by atoms with E-state index in [2.05, 4.69) is 4.90 Å². The molecular formula is C23H29N3O4S. The second-order valence-corrected chi connectivity index (χ2v) is 10.7. The number of hydrogen-bond acceptors (Lipinski definition) is 5. The largest absolute Gasteiger partial charge is 0.495 e. The number of para-hydroxylation sites is 2. The van der Waals surface area contributed by atoms with Gasteiger partial charge in [0.1, 0.15) is 5.75 Å². The van der Waals surface area contributed by atoms with Crippen LogP contribution in [0.3, 0.4) is 0 Å². The molecule has 0 saturated carbocycles. The second kappa shape index (κ2) is 7.84. The third-order valence-corrected chi connectivity index (χ3v) is 8.22. The molecule has 1 fully saturated rings. The maximum absolute atomic E-state index is 13.4. The third kappa shape index (κ3) is 3.78. The number of hydrogen-bond donors (Lipinski definition) is 0. The number of methoxy groups -OCH3 is 1. The number of piperazine rings is 1. The third-order valence-electron chi connectivity index (χ3n) is 6.33. The standard InChI is InChI=1S/C23H29N3O4S/c1-23(2)16-22(27)24(3)19-10-9-17(15-18(19)23)31(28,29)26-13-11-25(12-14-26)20-7-5-6-8-21(20)30-4/h5-10,15H,11-14,16H2,1-4H3. The predicted octanol–water partition coefficient (Wildman–Crippen LogP) is 2.85. The summed E-state index contributed by atoms with van der Waals surface area (Å²) < 4.78 is 33.8. The SMILES string of the molecule is COc1ccccc1N1CCN(S(=O)(=O)c2ccc3c(c2)C(C)(C)CC(=O)N3C)CC1. The van der Waals surface area contributed by atoms with E-state index < -0.39 is 15.4 Å². The Bertz CT molecular complexity index is 1110. The van der Waals surface area contributed by atoms with Crippen LogP contribution in [0.25, 0.3) is 0 Å². The lowest BCUT2D eigenvalue weighted by Gasteiger charge is -2.38. The molecule has 1 amide bonds. The van der Waals surface area contributed by atoms with Crippen molar-refractivity contribution in [1.82, 2.24) is 4.31 Å². The monoisotopic (exact) mass is 443 g/mol. The summed E-state index contributed by atoms with van der Waals surface area (Å²) in [5.41, 5.74) is 2.24. The fourth-order valence-electron chi connectivity index (χ4n) is 4.45. The second-order valence-electron chi connectivity index (χ2n) is 8.76. The Hall–Kier alpha value is -2.58. The minimum Gasteiger partial charge on any atom is -0.495 e. The molecule has 0 aliphatic carbocycles. The number of fused-ring (bicyclic) bond motifs is 1. The van der Waals surface area contributed by atoms with Crippen molar-refractivity contribution >= 4 is 27.3 Å². The van der Waals surface area contributed by atoms with Crippen LogP contribution in [0.4, 0.5) is 11.4 Å². The highest BCUT2D eigenvalue weighted by Gasteiger charge is 2.37. The van der Waals surface area contributed by atoms with Crippen molar-refractivity contribution in [3.8, 4) is 5.75 Å². The molecule has 4 rings (SSSR count).